The molecule has 18 heavy (non-hydrogen) atoms. The van der Waals surface area contributed by atoms with Crippen LogP contribution < -0.4 is 0 Å². The smallest absolute Gasteiger partial charge is 0.336 e. The molecule has 0 radical (unpaired) electrons. The molecule has 1 N–H and O–H groups in total. The summed E-state index contributed by atoms with van der Waals surface area (Å²) >= 11 is 0. The van der Waals surface area contributed by atoms with Gasteiger partial charge in [-0.3, -0.25) is 0 Å². The normalized spacial score (nSPS) is 13.9. The van der Waals surface area contributed by atoms with Gasteiger partial charge >= 0.3 is 5.97 Å². The molecule has 4 nitrogen and oxygen atoms in total. The van der Waals surface area contributed by atoms with E-state index >= 15 is 0 Å². The molecule has 1 aromatic heterocycles. The summed E-state index contributed by atoms with van der Waals surface area (Å²) in [6, 6.07) is 5.44. The van der Waals surface area contributed by atoms with Crippen LogP contribution in [-0.4, -0.2) is 20.6 Å². The Hall–Kier alpha value is -2.36. The molecule has 1 heterocycles. The van der Waals surface area contributed by atoms with Gasteiger partial charge in [-0.15, -0.1) is 0 Å². The summed E-state index contributed by atoms with van der Waals surface area (Å²) in [6.07, 6.45) is 9.04. The van der Waals surface area contributed by atoms with Gasteiger partial charge in [0.05, 0.1) is 11.9 Å². The highest BCUT2D eigenvalue weighted by Gasteiger charge is 2.17. The Balaban J connectivity index is 2.13. The number of aromatic nitrogens is 2. The maximum Gasteiger partial charge on any atom is 0.336 e. The van der Waals surface area contributed by atoms with Crippen LogP contribution in [0.4, 0.5) is 0 Å². The summed E-state index contributed by atoms with van der Waals surface area (Å²) in [5.41, 5.74) is 3.36. The minimum Gasteiger partial charge on any atom is -0.478 e. The van der Waals surface area contributed by atoms with Gasteiger partial charge in [-0.05, 0) is 36.1 Å². The molecule has 0 aliphatic heterocycles. The molecule has 0 amide bonds. The molecule has 0 saturated carbocycles. The number of rotatable bonds is 2. The summed E-state index contributed by atoms with van der Waals surface area (Å²) in [4.78, 5) is 15.2. The van der Waals surface area contributed by atoms with E-state index in [4.69, 9.17) is 0 Å². The average molecular weight is 240 g/mol. The van der Waals surface area contributed by atoms with Crippen LogP contribution in [0.3, 0.4) is 0 Å². The fraction of sp³-hybridized carbons (Fsp3) is 0.143. The summed E-state index contributed by atoms with van der Waals surface area (Å²) < 4.78 is 1.93. The van der Waals surface area contributed by atoms with E-state index in [-0.39, 0.29) is 0 Å². The van der Waals surface area contributed by atoms with E-state index < -0.39 is 5.97 Å². The Morgan fingerprint density at radius 3 is 2.94 bits per heavy atom. The van der Waals surface area contributed by atoms with Gasteiger partial charge in [0.1, 0.15) is 0 Å². The van der Waals surface area contributed by atoms with E-state index in [0.717, 1.165) is 29.7 Å². The molecule has 0 saturated heterocycles. The lowest BCUT2D eigenvalue weighted by molar-refractivity contribution is 0.0696. The van der Waals surface area contributed by atoms with Crippen molar-refractivity contribution in [2.75, 3.05) is 0 Å². The number of imidazole rings is 1. The molecule has 0 fully saturated rings. The molecule has 2 aromatic rings. The number of aryl methyl sites for hydroxylation is 1. The fourth-order valence-electron chi connectivity index (χ4n) is 2.32. The van der Waals surface area contributed by atoms with Crippen molar-refractivity contribution in [2.45, 2.75) is 12.8 Å². The first-order chi connectivity index (χ1) is 8.75. The molecule has 1 aromatic carbocycles. The van der Waals surface area contributed by atoms with Gasteiger partial charge in [0.15, 0.2) is 0 Å². The van der Waals surface area contributed by atoms with Gasteiger partial charge in [0, 0.05) is 18.1 Å². The lowest BCUT2D eigenvalue weighted by Gasteiger charge is -2.18. The largest absolute Gasteiger partial charge is 0.478 e. The zero-order valence-electron chi connectivity index (χ0n) is 9.71. The van der Waals surface area contributed by atoms with Gasteiger partial charge < -0.3 is 9.67 Å². The number of fused-ring (bicyclic) bond motifs is 1. The van der Waals surface area contributed by atoms with Gasteiger partial charge in [-0.2, -0.15) is 0 Å². The minimum atomic E-state index is -0.880. The van der Waals surface area contributed by atoms with Crippen molar-refractivity contribution in [1.29, 1.82) is 0 Å². The molecule has 90 valence electrons. The first-order valence-electron chi connectivity index (χ1n) is 5.80. The number of carbonyl (C=O) groups is 1. The van der Waals surface area contributed by atoms with Crippen LogP contribution >= 0.6 is 0 Å². The lowest BCUT2D eigenvalue weighted by Crippen LogP contribution is -2.08. The first-order valence-corrected chi connectivity index (χ1v) is 5.80. The molecule has 4 heteroatoms. The number of hydrogen-bond acceptors (Lipinski definition) is 2. The molecule has 3 rings (SSSR count). The highest BCUT2D eigenvalue weighted by atomic mass is 16.4. The fourth-order valence-corrected chi connectivity index (χ4v) is 2.32. The van der Waals surface area contributed by atoms with E-state index in [1.165, 1.54) is 0 Å². The Bertz CT molecular complexity index is 627. The Kier molecular flexibility index (Phi) is 2.48. The Labute approximate surface area is 104 Å². The van der Waals surface area contributed by atoms with E-state index in [1.807, 2.05) is 22.9 Å². The van der Waals surface area contributed by atoms with Crippen LogP contribution in [0.2, 0.25) is 0 Å². The quantitative estimate of drug-likeness (QED) is 0.877. The molecule has 0 unspecified atom stereocenters. The van der Waals surface area contributed by atoms with Crippen molar-refractivity contribution in [3.8, 4) is 0 Å². The van der Waals surface area contributed by atoms with E-state index in [1.54, 1.807) is 24.7 Å². The molecule has 0 spiro atoms. The second-order valence-corrected chi connectivity index (χ2v) is 4.29. The molecular weight excluding hydrogens is 228 g/mol. The third-order valence-corrected chi connectivity index (χ3v) is 3.22. The lowest BCUT2D eigenvalue weighted by atomic mass is 9.91. The second kappa shape index (κ2) is 4.14. The second-order valence-electron chi connectivity index (χ2n) is 4.29. The molecule has 0 bridgehead atoms. The van der Waals surface area contributed by atoms with Crippen molar-refractivity contribution in [3.63, 3.8) is 0 Å². The minimum absolute atomic E-state index is 0.366. The third kappa shape index (κ3) is 1.72. The summed E-state index contributed by atoms with van der Waals surface area (Å²) in [5.74, 6) is -0.880. The van der Waals surface area contributed by atoms with Crippen LogP contribution in [0.25, 0.3) is 11.8 Å². The van der Waals surface area contributed by atoms with Gasteiger partial charge in [0.2, 0.25) is 0 Å². The number of carboxylic acid groups (broad SMARTS) is 1. The first kappa shape index (κ1) is 10.8. The van der Waals surface area contributed by atoms with Crippen LogP contribution in [0, 0.1) is 0 Å². The Morgan fingerprint density at radius 1 is 1.33 bits per heavy atom. The van der Waals surface area contributed by atoms with Crippen molar-refractivity contribution < 1.29 is 9.90 Å². The van der Waals surface area contributed by atoms with E-state index in [9.17, 15) is 9.90 Å². The van der Waals surface area contributed by atoms with Crippen molar-refractivity contribution >= 4 is 17.7 Å². The maximum atomic E-state index is 11.2. The number of benzene rings is 1. The average Bonchev–Trinajstić information content (AvgIpc) is 2.91. The van der Waals surface area contributed by atoms with E-state index in [2.05, 4.69) is 4.98 Å². The van der Waals surface area contributed by atoms with Crippen LogP contribution in [0.1, 0.15) is 27.9 Å². The van der Waals surface area contributed by atoms with Crippen molar-refractivity contribution in [1.82, 2.24) is 9.55 Å². The predicted octanol–water partition coefficient (Wildman–Crippen LogP) is 2.53. The van der Waals surface area contributed by atoms with Crippen molar-refractivity contribution in [2.24, 2.45) is 0 Å². The standard InChI is InChI=1S/C14H12N2O2/c17-14(18)12-3-1-2-10-4-5-11(8-13(10)12)16-7-6-15-9-16/h1-3,6-9H,4-5H2,(H,17,18). The van der Waals surface area contributed by atoms with Gasteiger partial charge in [0.25, 0.3) is 0 Å². The number of carboxylic acids is 1. The van der Waals surface area contributed by atoms with Crippen LogP contribution in [0.15, 0.2) is 36.9 Å². The topological polar surface area (TPSA) is 55.1 Å². The molecule has 1 aliphatic carbocycles. The predicted molar refractivity (Wildman–Crippen MR) is 68.1 cm³/mol. The third-order valence-electron chi connectivity index (χ3n) is 3.22. The number of nitrogens with zero attached hydrogens (tertiary/aromatic N) is 2. The zero-order chi connectivity index (χ0) is 12.5. The monoisotopic (exact) mass is 240 g/mol. The Morgan fingerprint density at radius 2 is 2.22 bits per heavy atom. The van der Waals surface area contributed by atoms with Gasteiger partial charge in [-0.25, -0.2) is 9.78 Å². The maximum absolute atomic E-state index is 11.2. The van der Waals surface area contributed by atoms with Crippen LogP contribution in [-0.2, 0) is 6.42 Å². The molecule has 1 aliphatic rings. The number of allylic oxidation sites excluding steroid dienone is 1. The highest BCUT2D eigenvalue weighted by Crippen LogP contribution is 2.29. The van der Waals surface area contributed by atoms with Gasteiger partial charge in [-0.1, -0.05) is 12.1 Å². The van der Waals surface area contributed by atoms with Crippen LogP contribution in [0.5, 0.6) is 0 Å². The summed E-state index contributed by atoms with van der Waals surface area (Å²) in [6.45, 7) is 0. The highest BCUT2D eigenvalue weighted by molar-refractivity contribution is 5.95. The molecular formula is C14H12N2O2. The molecule has 0 atom stereocenters. The zero-order valence-corrected chi connectivity index (χ0v) is 9.71. The van der Waals surface area contributed by atoms with Crippen molar-refractivity contribution in [3.05, 3.63) is 53.6 Å². The summed E-state index contributed by atoms with van der Waals surface area (Å²) in [7, 11) is 0. The van der Waals surface area contributed by atoms with E-state index in [0.29, 0.717) is 5.56 Å². The summed E-state index contributed by atoms with van der Waals surface area (Å²) in [5, 5.41) is 9.21. The SMILES string of the molecule is O=C(O)c1cccc2c1C=C(n1ccnc1)CC2. The number of hydrogen-bond donors (Lipinski definition) is 1. The number of aromatic carboxylic acids is 1.